The summed E-state index contributed by atoms with van der Waals surface area (Å²) in [5.41, 5.74) is 1.10. The fourth-order valence-corrected chi connectivity index (χ4v) is 2.54. The summed E-state index contributed by atoms with van der Waals surface area (Å²) in [5, 5.41) is 0. The molecule has 1 atom stereocenters. The zero-order valence-electron chi connectivity index (χ0n) is 14.5. The van der Waals surface area contributed by atoms with E-state index in [2.05, 4.69) is 0 Å². The van der Waals surface area contributed by atoms with E-state index >= 15 is 0 Å². The highest BCUT2D eigenvalue weighted by Crippen LogP contribution is 2.30. The number of halogens is 1. The average molecular weight is 330 g/mol. The van der Waals surface area contributed by atoms with Gasteiger partial charge in [0, 0.05) is 5.92 Å². The smallest absolute Gasteiger partial charge is 0.307 e. The highest BCUT2D eigenvalue weighted by Gasteiger charge is 2.23. The molecule has 0 amide bonds. The molecule has 0 spiro atoms. The Bertz CT molecular complexity index is 687. The highest BCUT2D eigenvalue weighted by molar-refractivity contribution is 5.72. The van der Waals surface area contributed by atoms with E-state index in [4.69, 9.17) is 9.47 Å². The minimum atomic E-state index is -0.552. The van der Waals surface area contributed by atoms with Crippen LogP contribution >= 0.6 is 0 Å². The van der Waals surface area contributed by atoms with Gasteiger partial charge >= 0.3 is 5.97 Å². The Hall–Kier alpha value is -2.36. The fourth-order valence-electron chi connectivity index (χ4n) is 2.54. The number of hydrogen-bond donors (Lipinski definition) is 0. The maximum absolute atomic E-state index is 13.6. The quantitative estimate of drug-likeness (QED) is 0.746. The first-order valence-corrected chi connectivity index (χ1v) is 7.90. The first-order chi connectivity index (χ1) is 11.3. The predicted molar refractivity (Wildman–Crippen MR) is 91.7 cm³/mol. The minimum absolute atomic E-state index is 0.146. The number of hydrogen-bond acceptors (Lipinski definition) is 3. The molecule has 0 aromatic heterocycles. The lowest BCUT2D eigenvalue weighted by Gasteiger charge is -2.23. The lowest BCUT2D eigenvalue weighted by atomic mass is 9.88. The Morgan fingerprint density at radius 3 is 2.29 bits per heavy atom. The first-order valence-electron chi connectivity index (χ1n) is 7.90. The summed E-state index contributed by atoms with van der Waals surface area (Å²) >= 11 is 0. The molecule has 3 nitrogen and oxygen atoms in total. The van der Waals surface area contributed by atoms with Crippen LogP contribution in [0.15, 0.2) is 48.5 Å². The molecule has 4 heteroatoms. The predicted octanol–water partition coefficient (Wildman–Crippen LogP) is 4.70. The van der Waals surface area contributed by atoms with Crippen LogP contribution in [0.25, 0.3) is 0 Å². The Labute approximate surface area is 142 Å². The zero-order chi connectivity index (χ0) is 17.7. The van der Waals surface area contributed by atoms with Gasteiger partial charge in [0.15, 0.2) is 0 Å². The molecule has 0 N–H and O–H groups in total. The van der Waals surface area contributed by atoms with Gasteiger partial charge < -0.3 is 9.47 Å². The summed E-state index contributed by atoms with van der Waals surface area (Å²) in [6, 6.07) is 13.8. The molecule has 0 aliphatic heterocycles. The number of carbonyl (C=O) groups excluding carboxylic acids is 1. The van der Waals surface area contributed by atoms with Crippen molar-refractivity contribution in [1.82, 2.24) is 0 Å². The lowest BCUT2D eigenvalue weighted by molar-refractivity contribution is -0.155. The van der Waals surface area contributed by atoms with Crippen molar-refractivity contribution < 1.29 is 18.7 Å². The van der Waals surface area contributed by atoms with Gasteiger partial charge in [0.05, 0.1) is 13.5 Å². The van der Waals surface area contributed by atoms with E-state index in [9.17, 15) is 9.18 Å². The number of rotatable bonds is 5. The van der Waals surface area contributed by atoms with Crippen LogP contribution in [-0.2, 0) is 9.53 Å². The first kappa shape index (κ1) is 18.0. The Morgan fingerprint density at radius 2 is 1.75 bits per heavy atom. The van der Waals surface area contributed by atoms with Gasteiger partial charge in [-0.25, -0.2) is 4.39 Å². The maximum atomic E-state index is 13.6. The zero-order valence-corrected chi connectivity index (χ0v) is 14.5. The molecule has 0 fully saturated rings. The van der Waals surface area contributed by atoms with Gasteiger partial charge in [-0.2, -0.15) is 0 Å². The summed E-state index contributed by atoms with van der Waals surface area (Å²) in [7, 11) is 1.60. The van der Waals surface area contributed by atoms with Crippen molar-refractivity contribution in [1.29, 1.82) is 0 Å². The van der Waals surface area contributed by atoms with E-state index in [0.717, 1.165) is 16.9 Å². The molecular formula is C20H23FO3. The van der Waals surface area contributed by atoms with E-state index in [1.54, 1.807) is 13.2 Å². The van der Waals surface area contributed by atoms with Crippen molar-refractivity contribution in [2.45, 2.75) is 38.7 Å². The number of esters is 1. The summed E-state index contributed by atoms with van der Waals surface area (Å²) in [5.74, 6) is -0.182. The maximum Gasteiger partial charge on any atom is 0.307 e. The second-order valence-corrected chi connectivity index (χ2v) is 6.67. The van der Waals surface area contributed by atoms with Gasteiger partial charge in [0.1, 0.15) is 17.2 Å². The van der Waals surface area contributed by atoms with Gasteiger partial charge in [0.2, 0.25) is 0 Å². The second kappa shape index (κ2) is 7.47. The van der Waals surface area contributed by atoms with Crippen LogP contribution in [-0.4, -0.2) is 18.7 Å². The van der Waals surface area contributed by atoms with Gasteiger partial charge in [0.25, 0.3) is 0 Å². The van der Waals surface area contributed by atoms with Crippen LogP contribution < -0.4 is 4.74 Å². The van der Waals surface area contributed by atoms with Crippen LogP contribution in [0.2, 0.25) is 0 Å². The molecule has 0 unspecified atom stereocenters. The molecule has 2 rings (SSSR count). The summed E-state index contributed by atoms with van der Waals surface area (Å²) in [6.45, 7) is 5.49. The van der Waals surface area contributed by atoms with Crippen molar-refractivity contribution in [2.24, 2.45) is 0 Å². The molecule has 128 valence electrons. The fraction of sp³-hybridized carbons (Fsp3) is 0.350. The van der Waals surface area contributed by atoms with Gasteiger partial charge in [-0.3, -0.25) is 4.79 Å². The van der Waals surface area contributed by atoms with Crippen molar-refractivity contribution in [3.63, 3.8) is 0 Å². The van der Waals surface area contributed by atoms with E-state index in [0.29, 0.717) is 0 Å². The largest absolute Gasteiger partial charge is 0.497 e. The van der Waals surface area contributed by atoms with Gasteiger partial charge in [-0.1, -0.05) is 24.3 Å². The van der Waals surface area contributed by atoms with Crippen molar-refractivity contribution in [3.05, 3.63) is 65.5 Å². The Balaban J connectivity index is 2.32. The molecule has 0 aliphatic rings. The van der Waals surface area contributed by atoms with Crippen LogP contribution in [0.3, 0.4) is 0 Å². The molecule has 0 bridgehead atoms. The van der Waals surface area contributed by atoms with Crippen LogP contribution in [0, 0.1) is 5.82 Å². The van der Waals surface area contributed by atoms with E-state index in [1.807, 2.05) is 51.1 Å². The normalized spacial score (nSPS) is 12.5. The molecule has 0 aliphatic carbocycles. The van der Waals surface area contributed by atoms with Crippen LogP contribution in [0.5, 0.6) is 5.75 Å². The van der Waals surface area contributed by atoms with Crippen molar-refractivity contribution >= 4 is 5.97 Å². The van der Waals surface area contributed by atoms with Crippen molar-refractivity contribution in [2.75, 3.05) is 7.11 Å². The molecule has 0 heterocycles. The van der Waals surface area contributed by atoms with E-state index < -0.39 is 5.60 Å². The SMILES string of the molecule is COc1ccc([C@H](CC(=O)OC(C)(C)C)c2cccc(F)c2)cc1. The van der Waals surface area contributed by atoms with E-state index in [1.165, 1.54) is 12.1 Å². The van der Waals surface area contributed by atoms with Gasteiger partial charge in [-0.05, 0) is 56.2 Å². The van der Waals surface area contributed by atoms with Crippen LogP contribution in [0.1, 0.15) is 44.2 Å². The summed E-state index contributed by atoms with van der Waals surface area (Å²) < 4.78 is 24.2. The standard InChI is InChI=1S/C20H23FO3/c1-20(2,3)24-19(22)13-18(15-6-5-7-16(21)12-15)14-8-10-17(23-4)11-9-14/h5-12,18H,13H2,1-4H3/t18-/m0/s1. The third kappa shape index (κ3) is 5.08. The molecule has 2 aromatic rings. The Kier molecular flexibility index (Phi) is 5.60. The van der Waals surface area contributed by atoms with Crippen LogP contribution in [0.4, 0.5) is 4.39 Å². The number of carbonyl (C=O) groups is 1. The summed E-state index contributed by atoms with van der Waals surface area (Å²) in [4.78, 5) is 12.3. The van der Waals surface area contributed by atoms with E-state index in [-0.39, 0.29) is 24.1 Å². The molecular weight excluding hydrogens is 307 g/mol. The Morgan fingerprint density at radius 1 is 1.08 bits per heavy atom. The monoisotopic (exact) mass is 330 g/mol. The molecule has 24 heavy (non-hydrogen) atoms. The summed E-state index contributed by atoms with van der Waals surface area (Å²) in [6.07, 6.45) is 0.146. The number of ether oxygens (including phenoxy) is 2. The second-order valence-electron chi connectivity index (χ2n) is 6.67. The minimum Gasteiger partial charge on any atom is -0.497 e. The molecule has 0 saturated carbocycles. The molecule has 0 saturated heterocycles. The number of benzene rings is 2. The third-order valence-corrected chi connectivity index (χ3v) is 3.56. The van der Waals surface area contributed by atoms with Gasteiger partial charge in [-0.15, -0.1) is 0 Å². The average Bonchev–Trinajstić information content (AvgIpc) is 2.51. The molecule has 0 radical (unpaired) electrons. The highest BCUT2D eigenvalue weighted by atomic mass is 19.1. The molecule has 2 aromatic carbocycles. The van der Waals surface area contributed by atoms with Crippen molar-refractivity contribution in [3.8, 4) is 5.75 Å². The topological polar surface area (TPSA) is 35.5 Å². The third-order valence-electron chi connectivity index (χ3n) is 3.56. The lowest BCUT2D eigenvalue weighted by Crippen LogP contribution is -2.25. The number of methoxy groups -OCH3 is 1.